The molecule has 0 atom stereocenters. The lowest BCUT2D eigenvalue weighted by atomic mass is 9.97. The first kappa shape index (κ1) is 18.7. The average Bonchev–Trinajstić information content (AvgIpc) is 3.62. The molecule has 162 valence electrons. The molecule has 0 fully saturated rings. The van der Waals surface area contributed by atoms with E-state index < -0.39 is 14.8 Å². The first-order valence-electron chi connectivity index (χ1n) is 12.0. The largest absolute Gasteiger partial charge is 0.755 e. The summed E-state index contributed by atoms with van der Waals surface area (Å²) in [6, 6.07) is 31.8. The van der Waals surface area contributed by atoms with Gasteiger partial charge in [0.15, 0.2) is 0 Å². The van der Waals surface area contributed by atoms with Crippen LogP contribution in [0, 0.1) is 0 Å². The van der Waals surface area contributed by atoms with Gasteiger partial charge in [0.25, 0.3) is 0 Å². The fourth-order valence-electron chi connectivity index (χ4n) is 6.24. The molecule has 0 saturated carbocycles. The number of hydrogen-bond acceptors (Lipinski definition) is 1. The van der Waals surface area contributed by atoms with Gasteiger partial charge in [0, 0.05) is 30.8 Å². The van der Waals surface area contributed by atoms with Crippen LogP contribution in [0.1, 0.15) is 11.3 Å². The maximum absolute atomic E-state index is 2.61. The smallest absolute Gasteiger partial charge is 0.405 e. The summed E-state index contributed by atoms with van der Waals surface area (Å²) >= 11 is -1.93. The van der Waals surface area contributed by atoms with Crippen LogP contribution in [0.25, 0.3) is 32.9 Å². The standard InChI is InChI=1S/C29H23N4.Al/c1-6-21-7-2-11-25(26-12-5-17-31-26)28(21)23(9-1)20-33(19-15-24-10-4-16-30-24)27-13-3-8-22-14-18-32-29(22)27;/h1-14,16-18H,15,19-20H2;/q-3;+3. The van der Waals surface area contributed by atoms with Gasteiger partial charge in [-0.3, -0.25) is 0 Å². The molecule has 4 nitrogen and oxygen atoms in total. The van der Waals surface area contributed by atoms with Crippen LogP contribution in [-0.4, -0.2) is 32.0 Å². The predicted octanol–water partition coefficient (Wildman–Crippen LogP) is 5.87. The third-order valence-corrected chi connectivity index (χ3v) is 10.6. The second-order valence-electron chi connectivity index (χ2n) is 9.48. The number of hydrogen-bond donors (Lipinski definition) is 0. The third-order valence-electron chi connectivity index (χ3n) is 7.72. The highest BCUT2D eigenvalue weighted by molar-refractivity contribution is 6.56. The number of anilines is 1. The zero-order valence-corrected chi connectivity index (χ0v) is 20.0. The number of rotatable bonds is 0. The molecule has 3 aromatic heterocycles. The van der Waals surface area contributed by atoms with Crippen LogP contribution < -0.4 is 4.90 Å². The van der Waals surface area contributed by atoms with Crippen molar-refractivity contribution in [3.05, 3.63) is 115 Å². The first-order chi connectivity index (χ1) is 16.9. The summed E-state index contributed by atoms with van der Waals surface area (Å²) in [7, 11) is 0. The van der Waals surface area contributed by atoms with Gasteiger partial charge >= 0.3 is 14.8 Å². The SMILES string of the molecule is c1cc2c3c(cccc3c1)-c1ccc[n]1[Al]1[n]3cccc3CCN(C2)c2cccc3cc[n]1c23. The zero-order valence-electron chi connectivity index (χ0n) is 18.8. The van der Waals surface area contributed by atoms with Gasteiger partial charge in [-0.25, -0.2) is 0 Å². The van der Waals surface area contributed by atoms with E-state index >= 15 is 0 Å². The number of fused-ring (bicyclic) bond motifs is 5. The van der Waals surface area contributed by atoms with E-state index in [2.05, 4.69) is 119 Å². The molecule has 0 saturated heterocycles. The quantitative estimate of drug-likeness (QED) is 0.263. The highest BCUT2D eigenvalue weighted by Crippen LogP contribution is 2.37. The minimum absolute atomic E-state index is 0.895. The summed E-state index contributed by atoms with van der Waals surface area (Å²) in [6.07, 6.45) is 7.97. The molecule has 2 aliphatic rings. The van der Waals surface area contributed by atoms with Gasteiger partial charge in [-0.15, -0.1) is 0 Å². The summed E-state index contributed by atoms with van der Waals surface area (Å²) in [5.74, 6) is 0. The normalized spacial score (nSPS) is 14.6. The predicted molar refractivity (Wildman–Crippen MR) is 140 cm³/mol. The van der Waals surface area contributed by atoms with E-state index in [0.29, 0.717) is 0 Å². The molecule has 0 spiro atoms. The molecule has 3 aromatic carbocycles. The monoisotopic (exact) mass is 454 g/mol. The lowest BCUT2D eigenvalue weighted by Crippen LogP contribution is -2.41. The Hall–Kier alpha value is -3.65. The Kier molecular flexibility index (Phi) is 3.82. The van der Waals surface area contributed by atoms with Crippen molar-refractivity contribution in [2.75, 3.05) is 11.4 Å². The van der Waals surface area contributed by atoms with E-state index in [1.807, 2.05) is 0 Å². The van der Waals surface area contributed by atoms with Gasteiger partial charge in [0.05, 0.1) is 11.2 Å². The van der Waals surface area contributed by atoms with E-state index in [1.54, 1.807) is 0 Å². The molecule has 5 heteroatoms. The molecule has 2 bridgehead atoms. The van der Waals surface area contributed by atoms with Crippen LogP contribution in [-0.2, 0) is 13.0 Å². The lowest BCUT2D eigenvalue weighted by molar-refractivity contribution is 0.771. The van der Waals surface area contributed by atoms with Crippen LogP contribution >= 0.6 is 0 Å². The molecule has 0 aliphatic carbocycles. The molecule has 0 unspecified atom stereocenters. The Labute approximate surface area is 202 Å². The summed E-state index contributed by atoms with van der Waals surface area (Å²) in [6.45, 7) is 1.89. The first-order valence-corrected chi connectivity index (χ1v) is 13.6. The van der Waals surface area contributed by atoms with Crippen molar-refractivity contribution in [1.29, 1.82) is 0 Å². The van der Waals surface area contributed by atoms with E-state index in [4.69, 9.17) is 0 Å². The number of benzene rings is 3. The second kappa shape index (κ2) is 6.93. The Bertz CT molecular complexity index is 1710. The van der Waals surface area contributed by atoms with E-state index in [0.717, 1.165) is 19.5 Å². The highest BCUT2D eigenvalue weighted by Gasteiger charge is 2.37. The Balaban J connectivity index is 1.58. The van der Waals surface area contributed by atoms with Crippen molar-refractivity contribution in [2.24, 2.45) is 0 Å². The van der Waals surface area contributed by atoms with Gasteiger partial charge in [-0.05, 0) is 82.4 Å². The summed E-state index contributed by atoms with van der Waals surface area (Å²) in [4.78, 5) is 2.61. The maximum atomic E-state index is 2.61. The number of nitrogens with zero attached hydrogens (tertiary/aromatic N) is 4. The van der Waals surface area contributed by atoms with Crippen molar-refractivity contribution >= 4 is 42.2 Å². The summed E-state index contributed by atoms with van der Waals surface area (Å²) in [5, 5.41) is 4.02. The molecular formula is C29H23AlN4. The van der Waals surface area contributed by atoms with Crippen molar-refractivity contribution in [3.63, 3.8) is 0 Å². The Morgan fingerprint density at radius 1 is 0.647 bits per heavy atom. The molecule has 0 radical (unpaired) electrons. The molecule has 6 aromatic rings. The summed E-state index contributed by atoms with van der Waals surface area (Å²) < 4.78 is 7.79. The van der Waals surface area contributed by atoms with Crippen LogP contribution in [0.15, 0.2) is 104 Å². The van der Waals surface area contributed by atoms with E-state index in [-0.39, 0.29) is 0 Å². The van der Waals surface area contributed by atoms with Crippen LogP contribution in [0.5, 0.6) is 0 Å². The number of aromatic nitrogens is 3. The topological polar surface area (TPSA) is 18.0 Å². The molecule has 0 amide bonds. The summed E-state index contributed by atoms with van der Waals surface area (Å²) in [5.41, 5.74) is 8.16. The van der Waals surface area contributed by atoms with Crippen molar-refractivity contribution in [2.45, 2.75) is 13.0 Å². The highest BCUT2D eigenvalue weighted by atomic mass is 27.2. The van der Waals surface area contributed by atoms with Crippen molar-refractivity contribution < 1.29 is 0 Å². The fourth-order valence-corrected chi connectivity index (χ4v) is 9.29. The molecule has 8 rings (SSSR count). The van der Waals surface area contributed by atoms with Crippen LogP contribution in [0.2, 0.25) is 0 Å². The maximum Gasteiger partial charge on any atom is 0.755 e. The molecule has 34 heavy (non-hydrogen) atoms. The third kappa shape index (κ3) is 2.49. The Morgan fingerprint density at radius 3 is 2.44 bits per heavy atom. The minimum Gasteiger partial charge on any atom is -0.405 e. The van der Waals surface area contributed by atoms with Gasteiger partial charge in [0.2, 0.25) is 0 Å². The molecule has 5 heterocycles. The van der Waals surface area contributed by atoms with Gasteiger partial charge < -0.3 is 15.6 Å². The lowest BCUT2D eigenvalue weighted by Gasteiger charge is -2.27. The van der Waals surface area contributed by atoms with Gasteiger partial charge in [-0.2, -0.15) is 0 Å². The molecule has 0 N–H and O–H groups in total. The van der Waals surface area contributed by atoms with Crippen molar-refractivity contribution in [3.8, 4) is 11.3 Å². The van der Waals surface area contributed by atoms with Gasteiger partial charge in [-0.1, -0.05) is 48.5 Å². The fraction of sp³-hybridized carbons (Fsp3) is 0.103. The second-order valence-corrected chi connectivity index (χ2v) is 11.8. The minimum atomic E-state index is -1.93. The number of para-hydroxylation sites is 1. The zero-order chi connectivity index (χ0) is 22.2. The molecule has 2 aliphatic heterocycles. The van der Waals surface area contributed by atoms with E-state index in [1.165, 1.54) is 49.9 Å². The van der Waals surface area contributed by atoms with Gasteiger partial charge in [0.1, 0.15) is 0 Å². The van der Waals surface area contributed by atoms with Crippen LogP contribution in [0.4, 0.5) is 5.69 Å². The Morgan fingerprint density at radius 2 is 1.47 bits per heavy atom. The van der Waals surface area contributed by atoms with Crippen molar-refractivity contribution in [1.82, 2.24) is 10.7 Å². The average molecular weight is 455 g/mol. The van der Waals surface area contributed by atoms with E-state index in [9.17, 15) is 0 Å². The van der Waals surface area contributed by atoms with Crippen LogP contribution in [0.3, 0.4) is 0 Å². The molecular weight excluding hydrogens is 431 g/mol.